The summed E-state index contributed by atoms with van der Waals surface area (Å²) in [5.41, 5.74) is -0.380. The summed E-state index contributed by atoms with van der Waals surface area (Å²) >= 11 is 0. The van der Waals surface area contributed by atoms with Crippen molar-refractivity contribution in [2.24, 2.45) is 0 Å². The molecule has 0 unspecified atom stereocenters. The molecule has 29 heavy (non-hydrogen) atoms. The van der Waals surface area contributed by atoms with Crippen LogP contribution in [0.4, 0.5) is 0 Å². The van der Waals surface area contributed by atoms with Gasteiger partial charge in [-0.25, -0.2) is 9.59 Å². The molecule has 2 N–H and O–H groups in total. The molecule has 0 heterocycles. The van der Waals surface area contributed by atoms with E-state index < -0.39 is 11.9 Å². The Labute approximate surface area is 176 Å². The minimum atomic E-state index is -1.23. The van der Waals surface area contributed by atoms with Crippen molar-refractivity contribution in [1.82, 2.24) is 0 Å². The van der Waals surface area contributed by atoms with Crippen molar-refractivity contribution < 1.29 is 24.5 Å². The summed E-state index contributed by atoms with van der Waals surface area (Å²) in [5.74, 6) is -2.46. The van der Waals surface area contributed by atoms with E-state index in [2.05, 4.69) is 13.8 Å². The first kappa shape index (κ1) is 27.1. The average Bonchev–Trinajstić information content (AvgIpc) is 2.72. The van der Waals surface area contributed by atoms with Crippen molar-refractivity contribution >= 4 is 11.9 Å². The summed E-state index contributed by atoms with van der Waals surface area (Å²) in [6, 6.07) is 5.48. The molecule has 0 aliphatic heterocycles. The van der Waals surface area contributed by atoms with Gasteiger partial charge in [-0.15, -0.1) is 0 Å². The fraction of sp³-hybridized carbons (Fsp3) is 0.667. The van der Waals surface area contributed by atoms with Gasteiger partial charge in [0, 0.05) is 13.2 Å². The van der Waals surface area contributed by atoms with Crippen LogP contribution in [0, 0.1) is 0 Å². The molecule has 0 spiro atoms. The zero-order valence-electron chi connectivity index (χ0n) is 18.3. The number of carboxylic acids is 2. The lowest BCUT2D eigenvalue weighted by molar-refractivity contribution is 0.0651. The summed E-state index contributed by atoms with van der Waals surface area (Å²) in [6.45, 7) is 6.51. The van der Waals surface area contributed by atoms with E-state index in [1.165, 1.54) is 101 Å². The highest BCUT2D eigenvalue weighted by Gasteiger charge is 2.13. The lowest BCUT2D eigenvalue weighted by Gasteiger charge is -2.04. The van der Waals surface area contributed by atoms with Crippen LogP contribution in [-0.2, 0) is 4.74 Å². The second-order valence-electron chi connectivity index (χ2n) is 7.30. The van der Waals surface area contributed by atoms with Crippen LogP contribution in [0.1, 0.15) is 112 Å². The minimum Gasteiger partial charge on any atom is -0.478 e. The molecule has 5 nitrogen and oxygen atoms in total. The zero-order chi connectivity index (χ0) is 21.7. The molecule has 0 fully saturated rings. The number of unbranched alkanes of at least 4 members (excludes halogenated alkanes) is 10. The van der Waals surface area contributed by atoms with Crippen LogP contribution in [0.15, 0.2) is 24.3 Å². The van der Waals surface area contributed by atoms with Crippen molar-refractivity contribution in [3.63, 3.8) is 0 Å². The minimum absolute atomic E-state index is 0.190. The van der Waals surface area contributed by atoms with Gasteiger partial charge in [0.05, 0.1) is 11.1 Å². The van der Waals surface area contributed by atoms with Crippen molar-refractivity contribution in [2.45, 2.75) is 90.9 Å². The third kappa shape index (κ3) is 15.7. The molecule has 0 saturated heterocycles. The average molecular weight is 409 g/mol. The quantitative estimate of drug-likeness (QED) is 0.294. The molecule has 0 amide bonds. The third-order valence-corrected chi connectivity index (χ3v) is 4.67. The number of ether oxygens (including phenoxy) is 1. The Balaban J connectivity index is 0.000000571. The second-order valence-corrected chi connectivity index (χ2v) is 7.30. The lowest BCUT2D eigenvalue weighted by Crippen LogP contribution is -2.06. The molecule has 5 heteroatoms. The van der Waals surface area contributed by atoms with Gasteiger partial charge in [-0.05, 0) is 25.0 Å². The molecule has 0 atom stereocenters. The predicted octanol–water partition coefficient (Wildman–Crippen LogP) is 6.81. The second kappa shape index (κ2) is 19.4. The first-order valence-electron chi connectivity index (χ1n) is 11.2. The highest BCUT2D eigenvalue weighted by Crippen LogP contribution is 2.08. The molecule has 1 aromatic carbocycles. The number of aromatic carboxylic acids is 2. The topological polar surface area (TPSA) is 83.8 Å². The van der Waals surface area contributed by atoms with Gasteiger partial charge in [0.15, 0.2) is 0 Å². The van der Waals surface area contributed by atoms with E-state index in [1.54, 1.807) is 0 Å². The maximum absolute atomic E-state index is 10.5. The van der Waals surface area contributed by atoms with Crippen LogP contribution in [-0.4, -0.2) is 35.4 Å². The molecule has 0 aromatic heterocycles. The molecule has 1 rings (SSSR count). The number of carbonyl (C=O) groups is 2. The smallest absolute Gasteiger partial charge is 0.336 e. The van der Waals surface area contributed by atoms with Gasteiger partial charge in [-0.3, -0.25) is 0 Å². The highest BCUT2D eigenvalue weighted by molar-refractivity contribution is 6.01. The SMILES string of the molecule is CCCCCCCCOCCCCCCCC.O=C(O)c1ccccc1C(=O)O. The van der Waals surface area contributed by atoms with Crippen molar-refractivity contribution in [1.29, 1.82) is 0 Å². The van der Waals surface area contributed by atoms with Crippen molar-refractivity contribution in [3.8, 4) is 0 Å². The molecule has 0 saturated carbocycles. The van der Waals surface area contributed by atoms with E-state index in [1.807, 2.05) is 0 Å². The molecular formula is C24H40O5. The number of carboxylic acid groups (broad SMARTS) is 2. The summed E-state index contributed by atoms with van der Waals surface area (Å²) in [4.78, 5) is 20.9. The Hall–Kier alpha value is -1.88. The summed E-state index contributed by atoms with van der Waals surface area (Å²) < 4.78 is 5.65. The largest absolute Gasteiger partial charge is 0.478 e. The Morgan fingerprint density at radius 1 is 0.655 bits per heavy atom. The molecule has 1 aromatic rings. The van der Waals surface area contributed by atoms with Crippen molar-refractivity contribution in [2.75, 3.05) is 13.2 Å². The fourth-order valence-corrected chi connectivity index (χ4v) is 2.93. The Morgan fingerprint density at radius 2 is 1.00 bits per heavy atom. The normalized spacial score (nSPS) is 10.3. The van der Waals surface area contributed by atoms with Gasteiger partial charge >= 0.3 is 11.9 Å². The first-order chi connectivity index (χ1) is 14.0. The standard InChI is InChI=1S/C16H34O.C8H6O4/c1-3-5-7-9-11-13-15-17-16-14-12-10-8-6-4-2;9-7(10)5-3-1-2-4-6(5)8(11)12/h3-16H2,1-2H3;1-4H,(H,9,10)(H,11,12). The molecule has 0 aliphatic rings. The lowest BCUT2D eigenvalue weighted by atomic mass is 10.1. The Kier molecular flexibility index (Phi) is 18.2. The van der Waals surface area contributed by atoms with Crippen LogP contribution in [0.3, 0.4) is 0 Å². The third-order valence-electron chi connectivity index (χ3n) is 4.67. The van der Waals surface area contributed by atoms with Crippen LogP contribution >= 0.6 is 0 Å². The van der Waals surface area contributed by atoms with E-state index in [0.717, 1.165) is 13.2 Å². The van der Waals surface area contributed by atoms with Gasteiger partial charge in [-0.2, -0.15) is 0 Å². The maximum atomic E-state index is 10.5. The summed E-state index contributed by atoms with van der Waals surface area (Å²) in [7, 11) is 0. The van der Waals surface area contributed by atoms with E-state index >= 15 is 0 Å². The van der Waals surface area contributed by atoms with Crippen LogP contribution in [0.5, 0.6) is 0 Å². The van der Waals surface area contributed by atoms with E-state index in [-0.39, 0.29) is 11.1 Å². The summed E-state index contributed by atoms with van der Waals surface area (Å²) in [5, 5.41) is 17.1. The van der Waals surface area contributed by atoms with Gasteiger partial charge in [0.25, 0.3) is 0 Å². The zero-order valence-corrected chi connectivity index (χ0v) is 18.3. The van der Waals surface area contributed by atoms with Crippen LogP contribution in [0.2, 0.25) is 0 Å². The van der Waals surface area contributed by atoms with E-state index in [0.29, 0.717) is 0 Å². The first-order valence-corrected chi connectivity index (χ1v) is 11.2. The fourth-order valence-electron chi connectivity index (χ4n) is 2.93. The van der Waals surface area contributed by atoms with Crippen LogP contribution in [0.25, 0.3) is 0 Å². The molecule has 0 bridgehead atoms. The molecule has 166 valence electrons. The van der Waals surface area contributed by atoms with Crippen molar-refractivity contribution in [3.05, 3.63) is 35.4 Å². The summed E-state index contributed by atoms with van der Waals surface area (Å²) in [6.07, 6.45) is 16.3. The van der Waals surface area contributed by atoms with Gasteiger partial charge in [0.2, 0.25) is 0 Å². The molecule has 0 aliphatic carbocycles. The maximum Gasteiger partial charge on any atom is 0.336 e. The van der Waals surface area contributed by atoms with Crippen LogP contribution < -0.4 is 0 Å². The Morgan fingerprint density at radius 3 is 1.34 bits per heavy atom. The van der Waals surface area contributed by atoms with Gasteiger partial charge in [0.1, 0.15) is 0 Å². The van der Waals surface area contributed by atoms with Gasteiger partial charge < -0.3 is 14.9 Å². The Bertz CT molecular complexity index is 495. The van der Waals surface area contributed by atoms with E-state index in [9.17, 15) is 9.59 Å². The number of benzene rings is 1. The number of hydrogen-bond acceptors (Lipinski definition) is 3. The number of rotatable bonds is 16. The van der Waals surface area contributed by atoms with E-state index in [4.69, 9.17) is 14.9 Å². The molecule has 0 radical (unpaired) electrons. The molecular weight excluding hydrogens is 368 g/mol. The predicted molar refractivity (Wildman–Crippen MR) is 118 cm³/mol. The monoisotopic (exact) mass is 408 g/mol. The number of hydrogen-bond donors (Lipinski definition) is 2. The highest BCUT2D eigenvalue weighted by atomic mass is 16.5. The van der Waals surface area contributed by atoms with Gasteiger partial charge in [-0.1, -0.05) is 90.2 Å².